The van der Waals surface area contributed by atoms with Gasteiger partial charge in [0.25, 0.3) is 0 Å². The van der Waals surface area contributed by atoms with Crippen molar-refractivity contribution < 1.29 is 24.2 Å². The zero-order valence-electron chi connectivity index (χ0n) is 11.1. The molecule has 21 heavy (non-hydrogen) atoms. The molecule has 7 heteroatoms. The Kier molecular flexibility index (Phi) is 4.68. The minimum Gasteiger partial charge on any atom is -0.480 e. The Bertz CT molecular complexity index is 607. The first-order valence-corrected chi connectivity index (χ1v) is 6.20. The lowest BCUT2D eigenvalue weighted by molar-refractivity contribution is -0.142. The summed E-state index contributed by atoms with van der Waals surface area (Å²) in [6, 6.07) is 9.31. The Hall–Kier alpha value is -2.67. The van der Waals surface area contributed by atoms with Crippen molar-refractivity contribution in [1.82, 2.24) is 9.88 Å². The Morgan fingerprint density at radius 3 is 2.29 bits per heavy atom. The quantitative estimate of drug-likeness (QED) is 0.792. The Balaban J connectivity index is 2.09. The summed E-state index contributed by atoms with van der Waals surface area (Å²) in [6.45, 7) is -0.768. The molecule has 0 aliphatic carbocycles. The van der Waals surface area contributed by atoms with Gasteiger partial charge in [-0.2, -0.15) is 0 Å². The molecule has 110 valence electrons. The summed E-state index contributed by atoms with van der Waals surface area (Å²) in [6.07, 6.45) is 1.53. The van der Waals surface area contributed by atoms with Gasteiger partial charge in [0.2, 0.25) is 5.89 Å². The monoisotopic (exact) mass is 290 g/mol. The van der Waals surface area contributed by atoms with Crippen LogP contribution in [-0.4, -0.2) is 45.1 Å². The number of carbonyl (C=O) groups is 2. The van der Waals surface area contributed by atoms with Crippen LogP contribution in [-0.2, 0) is 16.1 Å². The first kappa shape index (κ1) is 14.7. The third-order valence-electron chi connectivity index (χ3n) is 2.69. The smallest absolute Gasteiger partial charge is 0.317 e. The number of nitrogens with zero attached hydrogens (tertiary/aromatic N) is 2. The molecule has 0 fully saturated rings. The van der Waals surface area contributed by atoms with Gasteiger partial charge in [0, 0.05) is 5.56 Å². The fraction of sp³-hybridized carbons (Fsp3) is 0.214. The molecule has 0 aliphatic heterocycles. The fourth-order valence-electron chi connectivity index (χ4n) is 1.86. The standard InChI is InChI=1S/C14H14N2O5/c17-13(18)8-16(9-14(19)20)7-12-15-6-11(21-12)10-4-2-1-3-5-10/h1-6H,7-9H2,(H,17,18)(H,19,20). The molecule has 2 N–H and O–H groups in total. The van der Waals surface area contributed by atoms with Crippen LogP contribution in [0.3, 0.4) is 0 Å². The third-order valence-corrected chi connectivity index (χ3v) is 2.69. The van der Waals surface area contributed by atoms with Gasteiger partial charge in [0.15, 0.2) is 5.76 Å². The molecule has 1 aromatic carbocycles. The van der Waals surface area contributed by atoms with Gasteiger partial charge in [0.1, 0.15) is 0 Å². The van der Waals surface area contributed by atoms with Crippen LogP contribution in [0.5, 0.6) is 0 Å². The zero-order chi connectivity index (χ0) is 15.2. The van der Waals surface area contributed by atoms with E-state index >= 15 is 0 Å². The molecule has 1 heterocycles. The number of rotatable bonds is 7. The lowest BCUT2D eigenvalue weighted by atomic mass is 10.2. The number of hydrogen-bond donors (Lipinski definition) is 2. The molecule has 0 saturated heterocycles. The Labute approximate surface area is 120 Å². The van der Waals surface area contributed by atoms with E-state index < -0.39 is 25.0 Å². The molecular weight excluding hydrogens is 276 g/mol. The maximum Gasteiger partial charge on any atom is 0.317 e. The molecule has 1 aromatic heterocycles. The van der Waals surface area contributed by atoms with Crippen molar-refractivity contribution in [3.63, 3.8) is 0 Å². The van der Waals surface area contributed by atoms with Gasteiger partial charge in [-0.15, -0.1) is 0 Å². The van der Waals surface area contributed by atoms with Crippen molar-refractivity contribution in [2.45, 2.75) is 6.54 Å². The van der Waals surface area contributed by atoms with Gasteiger partial charge in [-0.05, 0) is 0 Å². The highest BCUT2D eigenvalue weighted by Crippen LogP contribution is 2.20. The number of carboxylic acid groups (broad SMARTS) is 2. The van der Waals surface area contributed by atoms with Gasteiger partial charge in [-0.3, -0.25) is 14.5 Å². The normalized spacial score (nSPS) is 10.7. The van der Waals surface area contributed by atoms with Crippen molar-refractivity contribution in [3.8, 4) is 11.3 Å². The maximum absolute atomic E-state index is 10.7. The second-order valence-electron chi connectivity index (χ2n) is 4.42. The average Bonchev–Trinajstić information content (AvgIpc) is 2.86. The number of aliphatic carboxylic acids is 2. The second kappa shape index (κ2) is 6.67. The predicted molar refractivity (Wildman–Crippen MR) is 72.5 cm³/mol. The molecule has 0 amide bonds. The number of aromatic nitrogens is 1. The van der Waals surface area contributed by atoms with Gasteiger partial charge < -0.3 is 14.6 Å². The summed E-state index contributed by atoms with van der Waals surface area (Å²) < 4.78 is 5.52. The molecular formula is C14H14N2O5. The number of oxazole rings is 1. The Morgan fingerprint density at radius 2 is 1.71 bits per heavy atom. The van der Waals surface area contributed by atoms with E-state index in [1.54, 1.807) is 0 Å². The van der Waals surface area contributed by atoms with Crippen LogP contribution in [0.1, 0.15) is 5.89 Å². The van der Waals surface area contributed by atoms with Crippen molar-refractivity contribution in [1.29, 1.82) is 0 Å². The predicted octanol–water partition coefficient (Wildman–Crippen LogP) is 1.31. The third kappa shape index (κ3) is 4.43. The highest BCUT2D eigenvalue weighted by atomic mass is 16.4. The highest BCUT2D eigenvalue weighted by Gasteiger charge is 2.16. The summed E-state index contributed by atoms with van der Waals surface area (Å²) in [5.74, 6) is -1.38. The largest absolute Gasteiger partial charge is 0.480 e. The van der Waals surface area contributed by atoms with Crippen LogP contribution in [0, 0.1) is 0 Å². The SMILES string of the molecule is O=C(O)CN(CC(=O)O)Cc1ncc(-c2ccccc2)o1. The lowest BCUT2D eigenvalue weighted by Crippen LogP contribution is -2.34. The van der Waals surface area contributed by atoms with E-state index in [2.05, 4.69) is 4.98 Å². The Morgan fingerprint density at radius 1 is 1.10 bits per heavy atom. The van der Waals surface area contributed by atoms with Crippen LogP contribution in [0.4, 0.5) is 0 Å². The first-order chi connectivity index (χ1) is 10.0. The van der Waals surface area contributed by atoms with E-state index in [0.29, 0.717) is 5.76 Å². The van der Waals surface area contributed by atoms with Crippen molar-refractivity contribution in [2.75, 3.05) is 13.1 Å². The maximum atomic E-state index is 10.7. The molecule has 2 rings (SSSR count). The molecule has 0 radical (unpaired) electrons. The van der Waals surface area contributed by atoms with Crippen molar-refractivity contribution >= 4 is 11.9 Å². The molecule has 0 atom stereocenters. The highest BCUT2D eigenvalue weighted by molar-refractivity contribution is 5.72. The zero-order valence-corrected chi connectivity index (χ0v) is 11.1. The molecule has 0 bridgehead atoms. The molecule has 0 spiro atoms. The van der Waals surface area contributed by atoms with Crippen LogP contribution in [0.2, 0.25) is 0 Å². The first-order valence-electron chi connectivity index (χ1n) is 6.20. The molecule has 7 nitrogen and oxygen atoms in total. The second-order valence-corrected chi connectivity index (χ2v) is 4.42. The van der Waals surface area contributed by atoms with Gasteiger partial charge in [-0.1, -0.05) is 30.3 Å². The summed E-state index contributed by atoms with van der Waals surface area (Å²) in [5.41, 5.74) is 0.847. The van der Waals surface area contributed by atoms with Gasteiger partial charge >= 0.3 is 11.9 Å². The molecule has 0 unspecified atom stereocenters. The minimum absolute atomic E-state index is 0.0193. The number of hydrogen-bond acceptors (Lipinski definition) is 5. The summed E-state index contributed by atoms with van der Waals surface area (Å²) in [4.78, 5) is 26.7. The van der Waals surface area contributed by atoms with E-state index in [9.17, 15) is 9.59 Å². The molecule has 2 aromatic rings. The van der Waals surface area contributed by atoms with Crippen LogP contribution >= 0.6 is 0 Å². The number of benzene rings is 1. The van der Waals surface area contributed by atoms with Crippen LogP contribution in [0.25, 0.3) is 11.3 Å². The lowest BCUT2D eigenvalue weighted by Gasteiger charge is -2.15. The fourth-order valence-corrected chi connectivity index (χ4v) is 1.86. The van der Waals surface area contributed by atoms with E-state index in [-0.39, 0.29) is 12.4 Å². The van der Waals surface area contributed by atoms with E-state index in [1.165, 1.54) is 11.1 Å². The van der Waals surface area contributed by atoms with Crippen LogP contribution < -0.4 is 0 Å². The summed E-state index contributed by atoms with van der Waals surface area (Å²) in [7, 11) is 0. The average molecular weight is 290 g/mol. The van der Waals surface area contributed by atoms with E-state index in [0.717, 1.165) is 5.56 Å². The van der Waals surface area contributed by atoms with E-state index in [1.807, 2.05) is 30.3 Å². The molecule has 0 saturated carbocycles. The van der Waals surface area contributed by atoms with Gasteiger partial charge in [0.05, 0.1) is 25.8 Å². The van der Waals surface area contributed by atoms with Gasteiger partial charge in [-0.25, -0.2) is 4.98 Å². The van der Waals surface area contributed by atoms with Crippen molar-refractivity contribution in [2.24, 2.45) is 0 Å². The van der Waals surface area contributed by atoms with Crippen LogP contribution in [0.15, 0.2) is 40.9 Å². The van der Waals surface area contributed by atoms with E-state index in [4.69, 9.17) is 14.6 Å². The van der Waals surface area contributed by atoms with Crippen molar-refractivity contribution in [3.05, 3.63) is 42.4 Å². The molecule has 0 aliphatic rings. The minimum atomic E-state index is -1.11. The number of carboxylic acids is 2. The topological polar surface area (TPSA) is 104 Å². The summed E-state index contributed by atoms with van der Waals surface area (Å²) in [5, 5.41) is 17.5. The summed E-state index contributed by atoms with van der Waals surface area (Å²) >= 11 is 0.